The number of hydrogen-bond acceptors (Lipinski definition) is 5. The molecule has 216 valence electrons. The normalized spacial score (nSPS) is 12.3. The van der Waals surface area contributed by atoms with Gasteiger partial charge < -0.3 is 16.0 Å². The monoisotopic (exact) mass is 558 g/mol. The number of aryl methyl sites for hydroxylation is 1. The summed E-state index contributed by atoms with van der Waals surface area (Å²) in [7, 11) is 1.75. The largest absolute Gasteiger partial charge is 0.350 e. The molecule has 0 saturated carbocycles. The lowest BCUT2D eigenvalue weighted by molar-refractivity contribution is 0.590. The van der Waals surface area contributed by atoms with Crippen LogP contribution in [0.5, 0.6) is 0 Å². The summed E-state index contributed by atoms with van der Waals surface area (Å²) in [6.07, 6.45) is 8.94. The molecule has 3 aromatic carbocycles. The van der Waals surface area contributed by atoms with Gasteiger partial charge in [-0.25, -0.2) is 0 Å². The number of pyridine rings is 1. The maximum Gasteiger partial charge on any atom is 0.100 e. The van der Waals surface area contributed by atoms with E-state index in [1.807, 2.05) is 30.5 Å². The highest BCUT2D eigenvalue weighted by Gasteiger charge is 2.16. The quantitative estimate of drug-likeness (QED) is 0.122. The number of anilines is 2. The molecule has 0 aliphatic rings. The number of nitrogens with one attached hydrogen (secondary N) is 3. The van der Waals surface area contributed by atoms with Gasteiger partial charge in [0.05, 0.1) is 18.6 Å². The Hall–Kier alpha value is -4.71. The van der Waals surface area contributed by atoms with E-state index < -0.39 is 0 Å². The summed E-state index contributed by atoms with van der Waals surface area (Å²) in [5, 5.41) is 12.7. The Morgan fingerprint density at radius 2 is 1.64 bits per heavy atom. The first kappa shape index (κ1) is 30.3. The molecule has 0 saturated heterocycles. The number of hydrogen-bond donors (Lipinski definition) is 3. The van der Waals surface area contributed by atoms with E-state index >= 15 is 0 Å². The van der Waals surface area contributed by atoms with Crippen LogP contribution in [0.25, 0.3) is 10.8 Å². The van der Waals surface area contributed by atoms with Crippen LogP contribution in [0.1, 0.15) is 50.1 Å². The first-order valence-corrected chi connectivity index (χ1v) is 14.4. The van der Waals surface area contributed by atoms with Crippen LogP contribution < -0.4 is 16.0 Å². The van der Waals surface area contributed by atoms with E-state index in [9.17, 15) is 0 Å². The van der Waals surface area contributed by atoms with Crippen molar-refractivity contribution in [2.75, 3.05) is 17.7 Å². The standard InChI is InChI=1S/C36H42N6/c1-7-27-15-17-29(36(3,4)5)23-35(27)42-26(2)41-34-18-16-28(32-13-8-9-14-33(32)34)22-30(40-25-37-6)19-21-38-24-31-12-10-11-20-39-31/h8-21,23,25,41-42H,2,7,22,24H2,1,3-6H3,(H,37,40)/b30-19-,38-21?. The minimum atomic E-state index is 0.0690. The molecule has 6 nitrogen and oxygen atoms in total. The number of rotatable bonds is 12. The summed E-state index contributed by atoms with van der Waals surface area (Å²) in [6, 6.07) is 25.3. The van der Waals surface area contributed by atoms with Crippen LogP contribution >= 0.6 is 0 Å². The van der Waals surface area contributed by atoms with E-state index in [1.165, 1.54) is 22.1 Å². The summed E-state index contributed by atoms with van der Waals surface area (Å²) < 4.78 is 0. The van der Waals surface area contributed by atoms with E-state index in [0.717, 1.165) is 40.4 Å². The molecule has 4 rings (SSSR count). The predicted octanol–water partition coefficient (Wildman–Crippen LogP) is 8.04. The van der Waals surface area contributed by atoms with Crippen molar-refractivity contribution in [3.8, 4) is 0 Å². The van der Waals surface area contributed by atoms with Crippen molar-refractivity contribution in [3.63, 3.8) is 0 Å². The molecular formula is C36H42N6. The Labute approximate surface area is 250 Å². The Balaban J connectivity index is 1.54. The van der Waals surface area contributed by atoms with Gasteiger partial charge in [0.1, 0.15) is 5.82 Å². The highest BCUT2D eigenvalue weighted by atomic mass is 15.1. The molecule has 3 N–H and O–H groups in total. The maximum absolute atomic E-state index is 4.53. The highest BCUT2D eigenvalue weighted by molar-refractivity contribution is 5.97. The molecule has 0 fully saturated rings. The molecule has 0 aliphatic heterocycles. The fraction of sp³-hybridized carbons (Fsp3) is 0.250. The minimum Gasteiger partial charge on any atom is -0.350 e. The van der Waals surface area contributed by atoms with E-state index in [2.05, 4.69) is 120 Å². The number of nitrogens with zero attached hydrogens (tertiary/aromatic N) is 3. The fourth-order valence-electron chi connectivity index (χ4n) is 4.74. The molecular weight excluding hydrogens is 516 g/mol. The lowest BCUT2D eigenvalue weighted by atomic mass is 9.86. The van der Waals surface area contributed by atoms with E-state index in [-0.39, 0.29) is 5.41 Å². The van der Waals surface area contributed by atoms with Crippen molar-refractivity contribution < 1.29 is 0 Å². The first-order valence-electron chi connectivity index (χ1n) is 14.4. The topological polar surface area (TPSA) is 73.7 Å². The van der Waals surface area contributed by atoms with Crippen molar-refractivity contribution in [3.05, 3.63) is 126 Å². The van der Waals surface area contributed by atoms with Gasteiger partial charge in [-0.15, -0.1) is 0 Å². The molecule has 0 amide bonds. The van der Waals surface area contributed by atoms with Crippen LogP contribution in [-0.2, 0) is 24.8 Å². The molecule has 0 spiro atoms. The average molecular weight is 559 g/mol. The van der Waals surface area contributed by atoms with Crippen LogP contribution in [0.3, 0.4) is 0 Å². The van der Waals surface area contributed by atoms with Crippen molar-refractivity contribution in [1.29, 1.82) is 0 Å². The Morgan fingerprint density at radius 3 is 2.36 bits per heavy atom. The SMILES string of the molecule is C=C(Nc1cc(C(C)(C)C)ccc1CC)Nc1ccc(C/C(=C/C=NCc2ccccn2)NC=NC)c2ccccc12. The second-order valence-corrected chi connectivity index (χ2v) is 11.2. The van der Waals surface area contributed by atoms with Gasteiger partial charge in [-0.1, -0.05) is 82.8 Å². The van der Waals surface area contributed by atoms with Gasteiger partial charge in [0.25, 0.3) is 0 Å². The molecule has 0 bridgehead atoms. The highest BCUT2D eigenvalue weighted by Crippen LogP contribution is 2.31. The number of fused-ring (bicyclic) bond motifs is 1. The average Bonchev–Trinajstić information content (AvgIpc) is 2.99. The predicted molar refractivity (Wildman–Crippen MR) is 181 cm³/mol. The van der Waals surface area contributed by atoms with E-state index in [1.54, 1.807) is 19.6 Å². The van der Waals surface area contributed by atoms with Crippen LogP contribution in [0.15, 0.2) is 113 Å². The van der Waals surface area contributed by atoms with Gasteiger partial charge in [0.15, 0.2) is 0 Å². The maximum atomic E-state index is 4.53. The third kappa shape index (κ3) is 8.16. The summed E-state index contributed by atoms with van der Waals surface area (Å²) in [4.78, 5) is 13.0. The van der Waals surface area contributed by atoms with Crippen molar-refractivity contribution >= 4 is 34.7 Å². The molecule has 6 heteroatoms. The molecule has 0 atom stereocenters. The van der Waals surface area contributed by atoms with E-state index in [0.29, 0.717) is 13.0 Å². The zero-order chi connectivity index (χ0) is 30.0. The van der Waals surface area contributed by atoms with Gasteiger partial charge in [0.2, 0.25) is 0 Å². The van der Waals surface area contributed by atoms with Crippen molar-refractivity contribution in [1.82, 2.24) is 10.3 Å². The minimum absolute atomic E-state index is 0.0690. The van der Waals surface area contributed by atoms with Crippen LogP contribution in [0.2, 0.25) is 0 Å². The lowest BCUT2D eigenvalue weighted by Gasteiger charge is -2.23. The molecule has 4 aromatic rings. The second-order valence-electron chi connectivity index (χ2n) is 11.2. The summed E-state index contributed by atoms with van der Waals surface area (Å²) in [6.45, 7) is 13.7. The molecule has 42 heavy (non-hydrogen) atoms. The molecule has 0 unspecified atom stereocenters. The van der Waals surface area contributed by atoms with E-state index in [4.69, 9.17) is 0 Å². The summed E-state index contributed by atoms with van der Waals surface area (Å²) >= 11 is 0. The third-order valence-corrected chi connectivity index (χ3v) is 7.06. The third-order valence-electron chi connectivity index (χ3n) is 7.06. The molecule has 1 heterocycles. The molecule has 1 aromatic heterocycles. The molecule has 0 aliphatic carbocycles. The van der Waals surface area contributed by atoms with Crippen molar-refractivity contribution in [2.24, 2.45) is 9.98 Å². The Kier molecular flexibility index (Phi) is 10.3. The smallest absolute Gasteiger partial charge is 0.100 e. The van der Waals surface area contributed by atoms with Gasteiger partial charge >= 0.3 is 0 Å². The lowest BCUT2D eigenvalue weighted by Crippen LogP contribution is -2.14. The first-order chi connectivity index (χ1) is 20.3. The Morgan fingerprint density at radius 1 is 0.905 bits per heavy atom. The van der Waals surface area contributed by atoms with Crippen LogP contribution in [-0.4, -0.2) is 24.6 Å². The summed E-state index contributed by atoms with van der Waals surface area (Å²) in [5.74, 6) is 0.735. The summed E-state index contributed by atoms with van der Waals surface area (Å²) in [5.41, 5.74) is 7.84. The number of allylic oxidation sites excluding steroid dienone is 2. The van der Waals surface area contributed by atoms with Gasteiger partial charge in [-0.2, -0.15) is 0 Å². The Bertz CT molecular complexity index is 1590. The second kappa shape index (κ2) is 14.3. The van der Waals surface area contributed by atoms with Crippen LogP contribution in [0, 0.1) is 0 Å². The van der Waals surface area contributed by atoms with Gasteiger partial charge in [0, 0.05) is 48.3 Å². The molecule has 0 radical (unpaired) electrons. The number of aliphatic imine (C=N–C) groups is 2. The number of benzene rings is 3. The van der Waals surface area contributed by atoms with Gasteiger partial charge in [-0.05, 0) is 64.3 Å². The number of aromatic nitrogens is 1. The fourth-order valence-corrected chi connectivity index (χ4v) is 4.74. The van der Waals surface area contributed by atoms with Crippen molar-refractivity contribution in [2.45, 2.75) is 52.5 Å². The van der Waals surface area contributed by atoms with Gasteiger partial charge in [-0.3, -0.25) is 15.0 Å². The zero-order valence-corrected chi connectivity index (χ0v) is 25.4. The zero-order valence-electron chi connectivity index (χ0n) is 25.4. The van der Waals surface area contributed by atoms with Crippen LogP contribution in [0.4, 0.5) is 11.4 Å².